The minimum atomic E-state index is -0.0281. The summed E-state index contributed by atoms with van der Waals surface area (Å²) in [7, 11) is 0. The zero-order chi connectivity index (χ0) is 9.97. The van der Waals surface area contributed by atoms with E-state index in [1.165, 1.54) is 11.3 Å². The highest BCUT2D eigenvalue weighted by molar-refractivity contribution is 7.12. The number of ketones is 1. The van der Waals surface area contributed by atoms with Crippen LogP contribution in [-0.2, 0) is 6.42 Å². The number of hydrogen-bond acceptors (Lipinski definition) is 3. The van der Waals surface area contributed by atoms with E-state index in [0.29, 0.717) is 5.76 Å². The van der Waals surface area contributed by atoms with Gasteiger partial charge in [-0.05, 0) is 23.6 Å². The highest BCUT2D eigenvalue weighted by atomic mass is 32.1. The molecule has 0 saturated carbocycles. The van der Waals surface area contributed by atoms with Crippen molar-refractivity contribution in [2.75, 3.05) is 0 Å². The van der Waals surface area contributed by atoms with E-state index in [1.54, 1.807) is 12.1 Å². The number of thiophene rings is 1. The maximum atomic E-state index is 11.8. The van der Waals surface area contributed by atoms with Crippen LogP contribution in [0.4, 0.5) is 0 Å². The largest absolute Gasteiger partial charge is 0.458 e. The van der Waals surface area contributed by atoms with Gasteiger partial charge in [0.05, 0.1) is 4.88 Å². The molecule has 0 atom stereocenters. The van der Waals surface area contributed by atoms with Crippen molar-refractivity contribution < 1.29 is 9.21 Å². The molecule has 0 fully saturated rings. The molecule has 0 amide bonds. The van der Waals surface area contributed by atoms with Gasteiger partial charge < -0.3 is 4.42 Å². The van der Waals surface area contributed by atoms with Crippen LogP contribution in [0.2, 0.25) is 0 Å². The van der Waals surface area contributed by atoms with Crippen molar-refractivity contribution in [3.63, 3.8) is 0 Å². The Morgan fingerprint density at radius 1 is 1.43 bits per heavy atom. The Morgan fingerprint density at radius 3 is 2.86 bits per heavy atom. The SMILES string of the molecule is CCc1ccc(C(=O)c2cccs2)o1. The number of rotatable bonds is 3. The van der Waals surface area contributed by atoms with Gasteiger partial charge in [-0.2, -0.15) is 0 Å². The molecule has 72 valence electrons. The van der Waals surface area contributed by atoms with E-state index in [0.717, 1.165) is 17.1 Å². The maximum absolute atomic E-state index is 11.8. The van der Waals surface area contributed by atoms with Gasteiger partial charge in [-0.1, -0.05) is 13.0 Å². The third-order valence-corrected chi connectivity index (χ3v) is 2.85. The molecular formula is C11H10O2S. The predicted octanol–water partition coefficient (Wildman–Crippen LogP) is 3.13. The van der Waals surface area contributed by atoms with Crippen LogP contribution < -0.4 is 0 Å². The fourth-order valence-electron chi connectivity index (χ4n) is 1.22. The zero-order valence-electron chi connectivity index (χ0n) is 7.82. The standard InChI is InChI=1S/C11H10O2S/c1-2-8-5-6-9(13-8)11(12)10-4-3-7-14-10/h3-7H,2H2,1H3. The van der Waals surface area contributed by atoms with E-state index in [2.05, 4.69) is 0 Å². The first kappa shape index (κ1) is 9.21. The summed E-state index contributed by atoms with van der Waals surface area (Å²) >= 11 is 1.43. The first-order chi connectivity index (χ1) is 6.81. The third-order valence-electron chi connectivity index (χ3n) is 1.98. The molecule has 0 saturated heterocycles. The highest BCUT2D eigenvalue weighted by Gasteiger charge is 2.13. The van der Waals surface area contributed by atoms with Crippen LogP contribution in [0.25, 0.3) is 0 Å². The molecule has 3 heteroatoms. The summed E-state index contributed by atoms with van der Waals surface area (Å²) in [4.78, 5) is 12.5. The van der Waals surface area contributed by atoms with E-state index in [-0.39, 0.29) is 5.78 Å². The molecule has 0 bridgehead atoms. The van der Waals surface area contributed by atoms with Crippen LogP contribution in [0.15, 0.2) is 34.1 Å². The second-order valence-corrected chi connectivity index (χ2v) is 3.87. The Balaban J connectivity index is 2.28. The minimum absolute atomic E-state index is 0.0281. The zero-order valence-corrected chi connectivity index (χ0v) is 8.64. The summed E-state index contributed by atoms with van der Waals surface area (Å²) in [5.41, 5.74) is 0. The van der Waals surface area contributed by atoms with E-state index < -0.39 is 0 Å². The number of carbonyl (C=O) groups is 1. The average molecular weight is 206 g/mol. The molecule has 0 unspecified atom stereocenters. The van der Waals surface area contributed by atoms with Gasteiger partial charge in [0.25, 0.3) is 0 Å². The fourth-order valence-corrected chi connectivity index (χ4v) is 1.89. The van der Waals surface area contributed by atoms with Crippen molar-refractivity contribution in [1.82, 2.24) is 0 Å². The maximum Gasteiger partial charge on any atom is 0.238 e. The normalized spacial score (nSPS) is 10.4. The first-order valence-electron chi connectivity index (χ1n) is 4.48. The molecular weight excluding hydrogens is 196 g/mol. The third kappa shape index (κ3) is 1.63. The lowest BCUT2D eigenvalue weighted by molar-refractivity contribution is 0.101. The van der Waals surface area contributed by atoms with Gasteiger partial charge in [-0.25, -0.2) is 0 Å². The number of hydrogen-bond donors (Lipinski definition) is 0. The van der Waals surface area contributed by atoms with Crippen LogP contribution >= 0.6 is 11.3 Å². The molecule has 2 rings (SSSR count). The summed E-state index contributed by atoms with van der Waals surface area (Å²) in [6, 6.07) is 7.25. The van der Waals surface area contributed by atoms with Crippen LogP contribution in [0, 0.1) is 0 Å². The van der Waals surface area contributed by atoms with Crippen LogP contribution in [-0.4, -0.2) is 5.78 Å². The fraction of sp³-hybridized carbons (Fsp3) is 0.182. The summed E-state index contributed by atoms with van der Waals surface area (Å²) in [6.45, 7) is 2.00. The molecule has 14 heavy (non-hydrogen) atoms. The molecule has 2 heterocycles. The van der Waals surface area contributed by atoms with Crippen molar-refractivity contribution in [2.45, 2.75) is 13.3 Å². The second kappa shape index (κ2) is 3.80. The number of aryl methyl sites for hydroxylation is 1. The molecule has 0 aliphatic heterocycles. The lowest BCUT2D eigenvalue weighted by Crippen LogP contribution is -1.95. The molecule has 0 N–H and O–H groups in total. The van der Waals surface area contributed by atoms with Gasteiger partial charge in [0.15, 0.2) is 5.76 Å². The van der Waals surface area contributed by atoms with Gasteiger partial charge in [-0.3, -0.25) is 4.79 Å². The molecule has 2 nitrogen and oxygen atoms in total. The molecule has 2 aromatic heterocycles. The van der Waals surface area contributed by atoms with Gasteiger partial charge in [-0.15, -0.1) is 11.3 Å². The average Bonchev–Trinajstić information content (AvgIpc) is 2.88. The van der Waals surface area contributed by atoms with Crippen molar-refractivity contribution in [1.29, 1.82) is 0 Å². The highest BCUT2D eigenvalue weighted by Crippen LogP contribution is 2.17. The minimum Gasteiger partial charge on any atom is -0.458 e. The number of carbonyl (C=O) groups excluding carboxylic acids is 1. The van der Waals surface area contributed by atoms with E-state index >= 15 is 0 Å². The van der Waals surface area contributed by atoms with E-state index in [4.69, 9.17) is 4.42 Å². The van der Waals surface area contributed by atoms with Crippen LogP contribution in [0.3, 0.4) is 0 Å². The monoisotopic (exact) mass is 206 g/mol. The summed E-state index contributed by atoms with van der Waals surface area (Å²) in [5, 5.41) is 1.89. The molecule has 0 spiro atoms. The Labute approximate surface area is 86.2 Å². The first-order valence-corrected chi connectivity index (χ1v) is 5.36. The molecule has 2 aromatic rings. The van der Waals surface area contributed by atoms with Crippen molar-refractivity contribution in [3.8, 4) is 0 Å². The molecule has 0 aliphatic carbocycles. The van der Waals surface area contributed by atoms with Crippen LogP contribution in [0.1, 0.15) is 28.1 Å². The Morgan fingerprint density at radius 2 is 2.29 bits per heavy atom. The van der Waals surface area contributed by atoms with Crippen molar-refractivity contribution >= 4 is 17.1 Å². The second-order valence-electron chi connectivity index (χ2n) is 2.93. The lowest BCUT2D eigenvalue weighted by atomic mass is 10.2. The quantitative estimate of drug-likeness (QED) is 0.722. The van der Waals surface area contributed by atoms with Crippen LogP contribution in [0.5, 0.6) is 0 Å². The van der Waals surface area contributed by atoms with E-state index in [1.807, 2.05) is 24.4 Å². The van der Waals surface area contributed by atoms with Gasteiger partial charge >= 0.3 is 0 Å². The molecule has 0 aliphatic rings. The Bertz CT molecular complexity index is 426. The van der Waals surface area contributed by atoms with Crippen molar-refractivity contribution in [2.24, 2.45) is 0 Å². The van der Waals surface area contributed by atoms with E-state index in [9.17, 15) is 4.79 Å². The van der Waals surface area contributed by atoms with Gasteiger partial charge in [0.1, 0.15) is 5.76 Å². The van der Waals surface area contributed by atoms with Crippen molar-refractivity contribution in [3.05, 3.63) is 46.0 Å². The van der Waals surface area contributed by atoms with Gasteiger partial charge in [0, 0.05) is 6.42 Å². The Hall–Kier alpha value is -1.35. The topological polar surface area (TPSA) is 30.2 Å². The Kier molecular flexibility index (Phi) is 2.50. The summed E-state index contributed by atoms with van der Waals surface area (Å²) < 4.78 is 5.38. The molecule has 0 radical (unpaired) electrons. The smallest absolute Gasteiger partial charge is 0.238 e. The lowest BCUT2D eigenvalue weighted by Gasteiger charge is -1.91. The summed E-state index contributed by atoms with van der Waals surface area (Å²) in [6.07, 6.45) is 0.817. The summed E-state index contributed by atoms with van der Waals surface area (Å²) in [5.74, 6) is 1.26. The molecule has 0 aromatic carbocycles. The number of furan rings is 1. The van der Waals surface area contributed by atoms with Gasteiger partial charge in [0.2, 0.25) is 5.78 Å². The predicted molar refractivity (Wildman–Crippen MR) is 55.8 cm³/mol.